The highest BCUT2D eigenvalue weighted by atomic mass is 32.1. The van der Waals surface area contributed by atoms with Crippen molar-refractivity contribution in [2.45, 2.75) is 27.3 Å². The van der Waals surface area contributed by atoms with Crippen LogP contribution in [0.3, 0.4) is 0 Å². The quantitative estimate of drug-likeness (QED) is 0.503. The van der Waals surface area contributed by atoms with E-state index in [4.69, 9.17) is 0 Å². The second-order valence-electron chi connectivity index (χ2n) is 5.44. The molecule has 0 fully saturated rings. The monoisotopic (exact) mass is 346 g/mol. The zero-order valence-electron chi connectivity index (χ0n) is 13.8. The van der Waals surface area contributed by atoms with Crippen LogP contribution in [0.1, 0.15) is 25.2 Å². The third kappa shape index (κ3) is 3.00. The number of fused-ring (bicyclic) bond motifs is 1. The van der Waals surface area contributed by atoms with Gasteiger partial charge in [0.05, 0.1) is 11.5 Å². The summed E-state index contributed by atoms with van der Waals surface area (Å²) in [6.07, 6.45) is 0. The van der Waals surface area contributed by atoms with Crippen molar-refractivity contribution in [1.29, 1.82) is 0 Å². The van der Waals surface area contributed by atoms with Gasteiger partial charge in [0.1, 0.15) is 5.01 Å². The van der Waals surface area contributed by atoms with Gasteiger partial charge in [-0.25, -0.2) is 0 Å². The van der Waals surface area contributed by atoms with Gasteiger partial charge in [-0.3, -0.25) is 15.0 Å². The van der Waals surface area contributed by atoms with E-state index in [2.05, 4.69) is 34.0 Å². The summed E-state index contributed by atoms with van der Waals surface area (Å²) in [4.78, 5) is 13.7. The summed E-state index contributed by atoms with van der Waals surface area (Å²) in [5.74, 6) is 0.776. The molecule has 0 radical (unpaired) electrons. The molecule has 0 aliphatic carbocycles. The number of hydrogen-bond acceptors (Lipinski definition) is 7. The van der Waals surface area contributed by atoms with Gasteiger partial charge in [0.15, 0.2) is 5.82 Å². The number of nitrogens with zero attached hydrogens (tertiary/aromatic N) is 6. The molecule has 24 heavy (non-hydrogen) atoms. The number of hydrogen-bond donors (Lipinski definition) is 0. The summed E-state index contributed by atoms with van der Waals surface area (Å²) in [6.45, 7) is 8.44. The molecular formula is C15H18N6O2S. The highest BCUT2D eigenvalue weighted by Crippen LogP contribution is 2.30. The maximum Gasteiger partial charge on any atom is 0.273 e. The maximum atomic E-state index is 11.1. The van der Waals surface area contributed by atoms with Crippen molar-refractivity contribution in [3.8, 4) is 10.6 Å². The number of rotatable bonds is 6. The fourth-order valence-electron chi connectivity index (χ4n) is 2.46. The Bertz CT molecular complexity index is 883. The van der Waals surface area contributed by atoms with Crippen LogP contribution in [0.2, 0.25) is 0 Å². The zero-order chi connectivity index (χ0) is 17.3. The second-order valence-corrected chi connectivity index (χ2v) is 6.39. The van der Waals surface area contributed by atoms with Crippen LogP contribution in [0, 0.1) is 17.0 Å². The van der Waals surface area contributed by atoms with Crippen LogP contribution in [0.25, 0.3) is 15.5 Å². The third-order valence-corrected chi connectivity index (χ3v) is 4.92. The molecule has 0 aliphatic rings. The van der Waals surface area contributed by atoms with Crippen LogP contribution in [-0.2, 0) is 6.54 Å². The molecule has 0 saturated heterocycles. The average Bonchev–Trinajstić information content (AvgIpc) is 3.14. The Labute approximate surface area is 142 Å². The molecule has 0 spiro atoms. The summed E-state index contributed by atoms with van der Waals surface area (Å²) in [6, 6.07) is 5.15. The minimum atomic E-state index is -0.370. The topological polar surface area (TPSA) is 89.5 Å². The van der Waals surface area contributed by atoms with Gasteiger partial charge in [-0.2, -0.15) is 9.61 Å². The average molecular weight is 346 g/mol. The third-order valence-electron chi connectivity index (χ3n) is 3.97. The van der Waals surface area contributed by atoms with Crippen molar-refractivity contribution in [1.82, 2.24) is 24.7 Å². The van der Waals surface area contributed by atoms with Crippen LogP contribution in [0.5, 0.6) is 0 Å². The van der Waals surface area contributed by atoms with Crippen LogP contribution < -0.4 is 0 Å². The van der Waals surface area contributed by atoms with Crippen molar-refractivity contribution in [3.05, 3.63) is 39.7 Å². The normalized spacial score (nSPS) is 11.5. The Kier molecular flexibility index (Phi) is 4.54. The van der Waals surface area contributed by atoms with Crippen molar-refractivity contribution in [2.24, 2.45) is 0 Å². The smallest absolute Gasteiger partial charge is 0.273 e. The molecule has 0 N–H and O–H groups in total. The van der Waals surface area contributed by atoms with Crippen molar-refractivity contribution in [3.63, 3.8) is 0 Å². The molecule has 0 atom stereocenters. The predicted molar refractivity (Wildman–Crippen MR) is 92.1 cm³/mol. The van der Waals surface area contributed by atoms with Gasteiger partial charge >= 0.3 is 0 Å². The molecule has 9 heteroatoms. The van der Waals surface area contributed by atoms with E-state index in [-0.39, 0.29) is 10.6 Å². The van der Waals surface area contributed by atoms with E-state index in [9.17, 15) is 10.1 Å². The van der Waals surface area contributed by atoms with Gasteiger partial charge in [0, 0.05) is 17.2 Å². The summed E-state index contributed by atoms with van der Waals surface area (Å²) in [5.41, 5.74) is 1.45. The Morgan fingerprint density at radius 3 is 2.71 bits per heavy atom. The lowest BCUT2D eigenvalue weighted by atomic mass is 10.1. The largest absolute Gasteiger partial charge is 0.296 e. The summed E-state index contributed by atoms with van der Waals surface area (Å²) >= 11 is 1.38. The molecule has 126 valence electrons. The molecule has 3 aromatic rings. The molecule has 0 bridgehead atoms. The van der Waals surface area contributed by atoms with Crippen molar-refractivity contribution >= 4 is 22.0 Å². The minimum Gasteiger partial charge on any atom is -0.296 e. The predicted octanol–water partition coefficient (Wildman–Crippen LogP) is 2.91. The Morgan fingerprint density at radius 1 is 1.29 bits per heavy atom. The van der Waals surface area contributed by atoms with E-state index in [1.807, 2.05) is 6.07 Å². The van der Waals surface area contributed by atoms with E-state index in [1.165, 1.54) is 11.3 Å². The van der Waals surface area contributed by atoms with Crippen LogP contribution >= 0.6 is 11.3 Å². The molecule has 3 rings (SSSR count). The zero-order valence-corrected chi connectivity index (χ0v) is 14.6. The number of benzene rings is 1. The highest BCUT2D eigenvalue weighted by Gasteiger charge is 2.17. The van der Waals surface area contributed by atoms with Crippen LogP contribution in [-0.4, -0.2) is 42.7 Å². The summed E-state index contributed by atoms with van der Waals surface area (Å²) in [7, 11) is 0. The van der Waals surface area contributed by atoms with E-state index < -0.39 is 0 Å². The molecule has 1 aromatic carbocycles. The number of aryl methyl sites for hydroxylation is 1. The Balaban J connectivity index is 1.98. The lowest BCUT2D eigenvalue weighted by Gasteiger charge is -2.15. The number of aromatic nitrogens is 4. The molecule has 0 aliphatic heterocycles. The van der Waals surface area contributed by atoms with E-state index in [1.54, 1.807) is 23.6 Å². The van der Waals surface area contributed by atoms with Gasteiger partial charge < -0.3 is 0 Å². The first-order valence-electron chi connectivity index (χ1n) is 7.72. The fraction of sp³-hybridized carbons (Fsp3) is 0.400. The lowest BCUT2D eigenvalue weighted by Crippen LogP contribution is -2.23. The van der Waals surface area contributed by atoms with Gasteiger partial charge in [0.2, 0.25) is 4.96 Å². The fourth-order valence-corrected chi connectivity index (χ4v) is 3.31. The van der Waals surface area contributed by atoms with Gasteiger partial charge in [0.25, 0.3) is 5.69 Å². The van der Waals surface area contributed by atoms with E-state index >= 15 is 0 Å². The first kappa shape index (κ1) is 16.5. The maximum absolute atomic E-state index is 11.1. The molecule has 0 unspecified atom stereocenters. The molecule has 0 amide bonds. The van der Waals surface area contributed by atoms with Crippen LogP contribution in [0.15, 0.2) is 18.2 Å². The standard InChI is InChI=1S/C15H18N6O2S/c1-4-19(5-2)9-13-16-17-15-20(13)18-14(24-15)11-7-6-10(3)12(8-11)21(22)23/h6-8H,4-5,9H2,1-3H3. The van der Waals surface area contributed by atoms with Crippen molar-refractivity contribution < 1.29 is 4.92 Å². The minimum absolute atomic E-state index is 0.0989. The van der Waals surface area contributed by atoms with Gasteiger partial charge in [-0.05, 0) is 20.0 Å². The Hall–Kier alpha value is -2.39. The second kappa shape index (κ2) is 6.62. The van der Waals surface area contributed by atoms with Gasteiger partial charge in [-0.1, -0.05) is 37.3 Å². The highest BCUT2D eigenvalue weighted by molar-refractivity contribution is 7.19. The van der Waals surface area contributed by atoms with Crippen molar-refractivity contribution in [2.75, 3.05) is 13.1 Å². The molecular weight excluding hydrogens is 328 g/mol. The molecule has 2 heterocycles. The van der Waals surface area contributed by atoms with Crippen LogP contribution in [0.4, 0.5) is 5.69 Å². The number of nitro benzene ring substituents is 1. The molecule has 2 aromatic heterocycles. The Morgan fingerprint density at radius 2 is 2.04 bits per heavy atom. The van der Waals surface area contributed by atoms with E-state index in [0.29, 0.717) is 22.1 Å². The van der Waals surface area contributed by atoms with E-state index in [0.717, 1.165) is 24.5 Å². The lowest BCUT2D eigenvalue weighted by molar-refractivity contribution is -0.385. The summed E-state index contributed by atoms with van der Waals surface area (Å²) in [5, 5.41) is 24.7. The summed E-state index contributed by atoms with van der Waals surface area (Å²) < 4.78 is 1.73. The first-order valence-corrected chi connectivity index (χ1v) is 8.54. The first-order chi connectivity index (χ1) is 11.5. The number of nitro groups is 1. The molecule has 8 nitrogen and oxygen atoms in total. The van der Waals surface area contributed by atoms with Gasteiger partial charge in [-0.15, -0.1) is 10.2 Å². The molecule has 0 saturated carbocycles. The SMILES string of the molecule is CCN(CC)Cc1nnc2sc(-c3ccc(C)c([N+](=O)[O-])c3)nn12.